The highest BCUT2D eigenvalue weighted by molar-refractivity contribution is 7.89. The van der Waals surface area contributed by atoms with Crippen molar-refractivity contribution >= 4 is 27.8 Å². The first-order valence-corrected chi connectivity index (χ1v) is 9.95. The van der Waals surface area contributed by atoms with Crippen molar-refractivity contribution in [2.45, 2.75) is 30.3 Å². The van der Waals surface area contributed by atoms with E-state index in [1.807, 2.05) is 18.2 Å². The van der Waals surface area contributed by atoms with Crippen LogP contribution in [0.4, 0.5) is 4.79 Å². The summed E-state index contributed by atoms with van der Waals surface area (Å²) in [6, 6.07) is 11.9. The summed E-state index contributed by atoms with van der Waals surface area (Å²) < 4.78 is 31.9. The van der Waals surface area contributed by atoms with Crippen LogP contribution in [0.1, 0.15) is 16.7 Å². The van der Waals surface area contributed by atoms with E-state index in [2.05, 4.69) is 4.72 Å². The minimum atomic E-state index is -3.57. The molecule has 8 heteroatoms. The van der Waals surface area contributed by atoms with Crippen LogP contribution in [-0.2, 0) is 34.0 Å². The summed E-state index contributed by atoms with van der Waals surface area (Å²) in [4.78, 5) is 10.8. The summed E-state index contributed by atoms with van der Waals surface area (Å²) >= 11 is 5.77. The van der Waals surface area contributed by atoms with Crippen molar-refractivity contribution in [1.82, 2.24) is 4.72 Å². The Labute approximate surface area is 156 Å². The molecule has 6 nitrogen and oxygen atoms in total. The number of hydrogen-bond donors (Lipinski definition) is 2. The highest BCUT2D eigenvalue weighted by Crippen LogP contribution is 2.25. The molecule has 0 aromatic heterocycles. The molecule has 0 spiro atoms. The number of ether oxygens (including phenoxy) is 1. The Morgan fingerprint density at radius 1 is 1.15 bits per heavy atom. The molecule has 1 aliphatic carbocycles. The Morgan fingerprint density at radius 3 is 2.54 bits per heavy atom. The molecule has 1 unspecified atom stereocenters. The van der Waals surface area contributed by atoms with Gasteiger partial charge in [-0.25, -0.2) is 17.9 Å². The monoisotopic (exact) mass is 395 g/mol. The molecule has 0 heterocycles. The van der Waals surface area contributed by atoms with Crippen LogP contribution < -0.4 is 4.72 Å². The zero-order valence-corrected chi connectivity index (χ0v) is 15.4. The average Bonchev–Trinajstić information content (AvgIpc) is 2.95. The lowest BCUT2D eigenvalue weighted by molar-refractivity contribution is 0.0560. The van der Waals surface area contributed by atoms with Gasteiger partial charge in [0.05, 0.1) is 4.90 Å². The van der Waals surface area contributed by atoms with Gasteiger partial charge < -0.3 is 9.84 Å². The van der Waals surface area contributed by atoms with Crippen molar-refractivity contribution in [2.24, 2.45) is 0 Å². The second-order valence-electron chi connectivity index (χ2n) is 6.12. The zero-order chi connectivity index (χ0) is 18.7. The van der Waals surface area contributed by atoms with Crippen LogP contribution in [0.2, 0.25) is 5.02 Å². The molecule has 0 radical (unpaired) electrons. The molecular formula is C18H18ClNO5S. The number of carboxylic acid groups (broad SMARTS) is 1. The number of sulfonamides is 1. The van der Waals surface area contributed by atoms with Gasteiger partial charge in [-0.2, -0.15) is 0 Å². The molecular weight excluding hydrogens is 378 g/mol. The van der Waals surface area contributed by atoms with Crippen LogP contribution in [0.25, 0.3) is 0 Å². The van der Waals surface area contributed by atoms with Crippen LogP contribution in [-0.4, -0.2) is 32.3 Å². The maximum absolute atomic E-state index is 12.2. The Hall–Kier alpha value is -2.09. The predicted octanol–water partition coefficient (Wildman–Crippen LogP) is 3.02. The molecule has 2 aromatic carbocycles. The number of halogens is 1. The summed E-state index contributed by atoms with van der Waals surface area (Å²) in [6.45, 7) is 0.263. The predicted molar refractivity (Wildman–Crippen MR) is 97.1 cm³/mol. The van der Waals surface area contributed by atoms with Crippen molar-refractivity contribution < 1.29 is 23.1 Å². The first-order valence-electron chi connectivity index (χ1n) is 8.09. The lowest BCUT2D eigenvalue weighted by Crippen LogP contribution is -2.26. The Kier molecular flexibility index (Phi) is 5.50. The second kappa shape index (κ2) is 7.65. The lowest BCUT2D eigenvalue weighted by atomic mass is 10.0. The standard InChI is InChI=1S/C18H18ClNO5S/c19-15-3-5-17(6-4-15)26(23,24)20-8-7-12-1-2-13-10-16(25-18(21)22)11-14(13)9-12/h1-6,9,16,20H,7-8,10-11H2,(H,21,22). The SMILES string of the molecule is O=C(O)OC1Cc2ccc(CCNS(=O)(=O)c3ccc(Cl)cc3)cc2C1. The number of fused-ring (bicyclic) bond motifs is 1. The van der Waals surface area contributed by atoms with Gasteiger partial charge >= 0.3 is 6.16 Å². The van der Waals surface area contributed by atoms with Gasteiger partial charge in [0.25, 0.3) is 0 Å². The zero-order valence-electron chi connectivity index (χ0n) is 13.8. The molecule has 138 valence electrons. The van der Waals surface area contributed by atoms with Crippen molar-refractivity contribution in [3.8, 4) is 0 Å². The fourth-order valence-electron chi connectivity index (χ4n) is 3.04. The highest BCUT2D eigenvalue weighted by Gasteiger charge is 2.24. The molecule has 1 aliphatic rings. The fraction of sp³-hybridized carbons (Fsp3) is 0.278. The van der Waals surface area contributed by atoms with E-state index in [0.29, 0.717) is 24.3 Å². The van der Waals surface area contributed by atoms with Crippen LogP contribution in [0.3, 0.4) is 0 Å². The molecule has 2 aromatic rings. The van der Waals surface area contributed by atoms with E-state index in [4.69, 9.17) is 21.4 Å². The Balaban J connectivity index is 1.58. The third-order valence-electron chi connectivity index (χ3n) is 4.26. The molecule has 0 saturated heterocycles. The maximum Gasteiger partial charge on any atom is 0.506 e. The summed E-state index contributed by atoms with van der Waals surface area (Å²) in [5.74, 6) is 0. The van der Waals surface area contributed by atoms with Crippen LogP contribution in [0.15, 0.2) is 47.4 Å². The minimum absolute atomic E-state index is 0.171. The largest absolute Gasteiger partial charge is 0.506 e. The Bertz CT molecular complexity index is 912. The number of benzene rings is 2. The van der Waals surface area contributed by atoms with Crippen LogP contribution >= 0.6 is 11.6 Å². The van der Waals surface area contributed by atoms with Gasteiger partial charge in [-0.3, -0.25) is 0 Å². The summed E-state index contributed by atoms with van der Waals surface area (Å²) in [6.07, 6.45) is 0.0440. The number of rotatable bonds is 6. The summed E-state index contributed by atoms with van der Waals surface area (Å²) in [5.41, 5.74) is 3.11. The second-order valence-corrected chi connectivity index (χ2v) is 8.32. The topological polar surface area (TPSA) is 92.7 Å². The molecule has 0 amide bonds. The maximum atomic E-state index is 12.2. The Morgan fingerprint density at radius 2 is 1.85 bits per heavy atom. The van der Waals surface area contributed by atoms with Crippen molar-refractivity contribution in [3.63, 3.8) is 0 Å². The average molecular weight is 396 g/mol. The van der Waals surface area contributed by atoms with E-state index in [-0.39, 0.29) is 17.5 Å². The molecule has 1 atom stereocenters. The molecule has 26 heavy (non-hydrogen) atoms. The molecule has 0 saturated carbocycles. The van der Waals surface area contributed by atoms with Gasteiger partial charge in [-0.15, -0.1) is 0 Å². The summed E-state index contributed by atoms with van der Waals surface area (Å²) in [7, 11) is -3.57. The summed E-state index contributed by atoms with van der Waals surface area (Å²) in [5, 5.41) is 9.19. The minimum Gasteiger partial charge on any atom is -0.450 e. The smallest absolute Gasteiger partial charge is 0.450 e. The molecule has 2 N–H and O–H groups in total. The van der Waals surface area contributed by atoms with Crippen molar-refractivity contribution in [1.29, 1.82) is 0 Å². The quantitative estimate of drug-likeness (QED) is 0.733. The van der Waals surface area contributed by atoms with E-state index in [9.17, 15) is 13.2 Å². The lowest BCUT2D eigenvalue weighted by Gasteiger charge is -2.08. The highest BCUT2D eigenvalue weighted by atomic mass is 35.5. The number of nitrogens with one attached hydrogen (secondary N) is 1. The first kappa shape index (κ1) is 18.7. The number of hydrogen-bond acceptors (Lipinski definition) is 4. The normalized spacial score (nSPS) is 16.3. The third kappa shape index (κ3) is 4.55. The molecule has 0 fully saturated rings. The van der Waals surface area contributed by atoms with Gasteiger partial charge in [0.1, 0.15) is 6.10 Å². The molecule has 3 rings (SSSR count). The van der Waals surface area contributed by atoms with E-state index in [1.54, 1.807) is 0 Å². The van der Waals surface area contributed by atoms with E-state index in [1.165, 1.54) is 24.3 Å². The van der Waals surface area contributed by atoms with Gasteiger partial charge in [0.15, 0.2) is 0 Å². The molecule has 0 bridgehead atoms. The van der Waals surface area contributed by atoms with Crippen LogP contribution in [0.5, 0.6) is 0 Å². The van der Waals surface area contributed by atoms with Gasteiger partial charge in [-0.1, -0.05) is 29.8 Å². The van der Waals surface area contributed by atoms with Crippen molar-refractivity contribution in [3.05, 3.63) is 64.2 Å². The fourth-order valence-corrected chi connectivity index (χ4v) is 4.20. The molecule has 0 aliphatic heterocycles. The van der Waals surface area contributed by atoms with Gasteiger partial charge in [-0.05, 0) is 47.4 Å². The van der Waals surface area contributed by atoms with E-state index >= 15 is 0 Å². The van der Waals surface area contributed by atoms with E-state index in [0.717, 1.165) is 16.7 Å². The van der Waals surface area contributed by atoms with E-state index < -0.39 is 16.2 Å². The van der Waals surface area contributed by atoms with Gasteiger partial charge in [0.2, 0.25) is 10.0 Å². The first-order chi connectivity index (χ1) is 12.3. The third-order valence-corrected chi connectivity index (χ3v) is 5.99. The number of carbonyl (C=O) groups is 1. The van der Waals surface area contributed by atoms with Crippen LogP contribution in [0, 0.1) is 0 Å². The van der Waals surface area contributed by atoms with Gasteiger partial charge in [0, 0.05) is 24.4 Å². The van der Waals surface area contributed by atoms with Crippen molar-refractivity contribution in [2.75, 3.05) is 6.54 Å².